The Hall–Kier alpha value is -1.43. The Labute approximate surface area is 113 Å². The van der Waals surface area contributed by atoms with Crippen molar-refractivity contribution in [1.82, 2.24) is 4.90 Å². The van der Waals surface area contributed by atoms with Gasteiger partial charge in [-0.15, -0.1) is 0 Å². The number of nitrogens with zero attached hydrogens (tertiary/aromatic N) is 1. The summed E-state index contributed by atoms with van der Waals surface area (Å²) in [7, 11) is 0. The molecule has 0 bridgehead atoms. The van der Waals surface area contributed by atoms with E-state index in [-0.39, 0.29) is 11.9 Å². The van der Waals surface area contributed by atoms with Crippen LogP contribution in [0.15, 0.2) is 24.3 Å². The van der Waals surface area contributed by atoms with E-state index < -0.39 is 0 Å². The second-order valence-corrected chi connectivity index (χ2v) is 4.85. The normalized spacial score (nSPS) is 20.2. The third-order valence-corrected chi connectivity index (χ3v) is 3.30. The fourth-order valence-corrected chi connectivity index (χ4v) is 2.14. The zero-order chi connectivity index (χ0) is 13.7. The Morgan fingerprint density at radius 2 is 2.21 bits per heavy atom. The average molecular weight is 263 g/mol. The predicted molar refractivity (Wildman–Crippen MR) is 75.0 cm³/mol. The molecular formula is C14H21N3O2. The van der Waals surface area contributed by atoms with E-state index in [1.54, 1.807) is 0 Å². The maximum Gasteiger partial charge on any atom is 0.238 e. The molecule has 1 aromatic carbocycles. The van der Waals surface area contributed by atoms with Crippen molar-refractivity contribution < 1.29 is 9.53 Å². The number of anilines is 1. The van der Waals surface area contributed by atoms with Gasteiger partial charge in [-0.25, -0.2) is 0 Å². The first-order valence-electron chi connectivity index (χ1n) is 6.57. The number of nitrogens with one attached hydrogen (secondary N) is 1. The van der Waals surface area contributed by atoms with E-state index in [1.165, 1.54) is 5.56 Å². The smallest absolute Gasteiger partial charge is 0.238 e. The molecule has 1 atom stereocenters. The lowest BCUT2D eigenvalue weighted by Gasteiger charge is -2.34. The molecule has 0 radical (unpaired) electrons. The number of amides is 1. The summed E-state index contributed by atoms with van der Waals surface area (Å²) in [5.41, 5.74) is 7.69. The Balaban J connectivity index is 1.88. The van der Waals surface area contributed by atoms with Crippen LogP contribution < -0.4 is 11.1 Å². The molecule has 1 saturated heterocycles. The van der Waals surface area contributed by atoms with E-state index in [9.17, 15) is 4.79 Å². The zero-order valence-electron chi connectivity index (χ0n) is 11.3. The molecule has 1 heterocycles. The van der Waals surface area contributed by atoms with Crippen molar-refractivity contribution in [3.63, 3.8) is 0 Å². The van der Waals surface area contributed by atoms with E-state index in [2.05, 4.69) is 10.2 Å². The van der Waals surface area contributed by atoms with Gasteiger partial charge >= 0.3 is 0 Å². The summed E-state index contributed by atoms with van der Waals surface area (Å²) in [6.07, 6.45) is 0. The SMILES string of the molecule is Cc1ccc(NC(=O)CN2CCOCC2CN)cc1. The van der Waals surface area contributed by atoms with E-state index in [1.807, 2.05) is 31.2 Å². The molecule has 19 heavy (non-hydrogen) atoms. The minimum Gasteiger partial charge on any atom is -0.378 e. The van der Waals surface area contributed by atoms with Crippen LogP contribution in [0.4, 0.5) is 5.69 Å². The fraction of sp³-hybridized carbons (Fsp3) is 0.500. The van der Waals surface area contributed by atoms with Crippen LogP contribution in [0, 0.1) is 6.92 Å². The van der Waals surface area contributed by atoms with Crippen molar-refractivity contribution >= 4 is 11.6 Å². The molecule has 1 amide bonds. The Kier molecular flexibility index (Phi) is 4.90. The molecule has 5 heteroatoms. The predicted octanol–water partition coefficient (Wildman–Crippen LogP) is 0.593. The van der Waals surface area contributed by atoms with Crippen molar-refractivity contribution in [2.24, 2.45) is 5.73 Å². The van der Waals surface area contributed by atoms with Gasteiger partial charge in [-0.3, -0.25) is 9.69 Å². The van der Waals surface area contributed by atoms with Crippen LogP contribution in [0.3, 0.4) is 0 Å². The van der Waals surface area contributed by atoms with E-state index in [0.717, 1.165) is 12.2 Å². The monoisotopic (exact) mass is 263 g/mol. The van der Waals surface area contributed by atoms with Crippen molar-refractivity contribution in [3.8, 4) is 0 Å². The molecule has 3 N–H and O–H groups in total. The molecule has 0 saturated carbocycles. The number of morpholine rings is 1. The Bertz CT molecular complexity index is 419. The number of carbonyl (C=O) groups excluding carboxylic acids is 1. The van der Waals surface area contributed by atoms with Gasteiger partial charge in [-0.1, -0.05) is 17.7 Å². The van der Waals surface area contributed by atoms with E-state index in [0.29, 0.717) is 26.3 Å². The average Bonchev–Trinajstić information content (AvgIpc) is 2.42. The molecule has 0 aliphatic carbocycles. The lowest BCUT2D eigenvalue weighted by molar-refractivity contribution is -0.119. The third kappa shape index (κ3) is 4.02. The highest BCUT2D eigenvalue weighted by atomic mass is 16.5. The second kappa shape index (κ2) is 6.65. The maximum absolute atomic E-state index is 12.0. The maximum atomic E-state index is 12.0. The molecule has 1 aromatic rings. The third-order valence-electron chi connectivity index (χ3n) is 3.30. The molecular weight excluding hydrogens is 242 g/mol. The van der Waals surface area contributed by atoms with Crippen LogP contribution in [0.1, 0.15) is 5.56 Å². The topological polar surface area (TPSA) is 67.6 Å². The molecule has 0 spiro atoms. The standard InChI is InChI=1S/C14H21N3O2/c1-11-2-4-12(5-3-11)16-14(18)9-17-6-7-19-10-13(17)8-15/h2-5,13H,6-10,15H2,1H3,(H,16,18). The number of ether oxygens (including phenoxy) is 1. The first-order valence-corrected chi connectivity index (χ1v) is 6.57. The molecule has 1 aliphatic heterocycles. The van der Waals surface area contributed by atoms with Crippen LogP contribution in [0.2, 0.25) is 0 Å². The highest BCUT2D eigenvalue weighted by Crippen LogP contribution is 2.10. The number of rotatable bonds is 4. The lowest BCUT2D eigenvalue weighted by atomic mass is 10.2. The zero-order valence-corrected chi connectivity index (χ0v) is 11.3. The number of aryl methyl sites for hydroxylation is 1. The molecule has 2 rings (SSSR count). The van der Waals surface area contributed by atoms with Crippen LogP contribution in [-0.2, 0) is 9.53 Å². The number of hydrogen-bond donors (Lipinski definition) is 2. The number of nitrogens with two attached hydrogens (primary N) is 1. The number of hydrogen-bond acceptors (Lipinski definition) is 4. The van der Waals surface area contributed by atoms with Gasteiger partial charge in [0.15, 0.2) is 0 Å². The summed E-state index contributed by atoms with van der Waals surface area (Å²) in [6, 6.07) is 7.91. The van der Waals surface area contributed by atoms with Gasteiger partial charge in [0.1, 0.15) is 0 Å². The van der Waals surface area contributed by atoms with Crippen molar-refractivity contribution in [2.45, 2.75) is 13.0 Å². The second-order valence-electron chi connectivity index (χ2n) is 4.85. The summed E-state index contributed by atoms with van der Waals surface area (Å²) in [4.78, 5) is 14.1. The van der Waals surface area contributed by atoms with Crippen molar-refractivity contribution in [1.29, 1.82) is 0 Å². The summed E-state index contributed by atoms with van der Waals surface area (Å²) in [5, 5.41) is 2.90. The van der Waals surface area contributed by atoms with Gasteiger partial charge in [0, 0.05) is 24.8 Å². The molecule has 5 nitrogen and oxygen atoms in total. The Morgan fingerprint density at radius 1 is 1.47 bits per heavy atom. The largest absolute Gasteiger partial charge is 0.378 e. The molecule has 1 aliphatic rings. The van der Waals surface area contributed by atoms with Gasteiger partial charge in [-0.2, -0.15) is 0 Å². The minimum atomic E-state index is -0.01000. The number of carbonyl (C=O) groups is 1. The summed E-state index contributed by atoms with van der Waals surface area (Å²) >= 11 is 0. The first-order chi connectivity index (χ1) is 9.19. The quantitative estimate of drug-likeness (QED) is 0.834. The van der Waals surface area contributed by atoms with Crippen LogP contribution in [0.5, 0.6) is 0 Å². The minimum absolute atomic E-state index is 0.01000. The van der Waals surface area contributed by atoms with Gasteiger partial charge in [0.05, 0.1) is 19.8 Å². The summed E-state index contributed by atoms with van der Waals surface area (Å²) in [5.74, 6) is -0.01000. The fourth-order valence-electron chi connectivity index (χ4n) is 2.14. The van der Waals surface area contributed by atoms with Crippen molar-refractivity contribution in [2.75, 3.05) is 38.2 Å². The van der Waals surface area contributed by atoms with E-state index >= 15 is 0 Å². The lowest BCUT2D eigenvalue weighted by Crippen LogP contribution is -2.51. The highest BCUT2D eigenvalue weighted by Gasteiger charge is 2.23. The molecule has 1 fully saturated rings. The van der Waals surface area contributed by atoms with Gasteiger partial charge in [0.25, 0.3) is 0 Å². The van der Waals surface area contributed by atoms with Gasteiger partial charge in [0.2, 0.25) is 5.91 Å². The van der Waals surface area contributed by atoms with Crippen LogP contribution in [0.25, 0.3) is 0 Å². The molecule has 1 unspecified atom stereocenters. The Morgan fingerprint density at radius 3 is 2.89 bits per heavy atom. The first kappa shape index (κ1) is 14.0. The van der Waals surface area contributed by atoms with Crippen LogP contribution >= 0.6 is 0 Å². The van der Waals surface area contributed by atoms with Crippen LogP contribution in [-0.4, -0.2) is 49.7 Å². The number of benzene rings is 1. The summed E-state index contributed by atoms with van der Waals surface area (Å²) < 4.78 is 5.36. The van der Waals surface area contributed by atoms with E-state index in [4.69, 9.17) is 10.5 Å². The van der Waals surface area contributed by atoms with Gasteiger partial charge in [-0.05, 0) is 19.1 Å². The molecule has 0 aromatic heterocycles. The van der Waals surface area contributed by atoms with Crippen molar-refractivity contribution in [3.05, 3.63) is 29.8 Å². The highest BCUT2D eigenvalue weighted by molar-refractivity contribution is 5.92. The molecule has 104 valence electrons. The summed E-state index contributed by atoms with van der Waals surface area (Å²) in [6.45, 7) is 4.91. The van der Waals surface area contributed by atoms with Gasteiger partial charge < -0.3 is 15.8 Å².